The van der Waals surface area contributed by atoms with Gasteiger partial charge in [-0.15, -0.1) is 0 Å². The van der Waals surface area contributed by atoms with E-state index >= 15 is 0 Å². The van der Waals surface area contributed by atoms with Crippen molar-refractivity contribution in [3.63, 3.8) is 0 Å². The average molecular weight is 223 g/mol. The summed E-state index contributed by atoms with van der Waals surface area (Å²) in [6.07, 6.45) is 0.468. The van der Waals surface area contributed by atoms with Crippen LogP contribution in [0.5, 0.6) is 5.75 Å². The Morgan fingerprint density at radius 1 is 1.31 bits per heavy atom. The van der Waals surface area contributed by atoms with Crippen molar-refractivity contribution in [3.05, 3.63) is 28.8 Å². The van der Waals surface area contributed by atoms with Crippen molar-refractivity contribution in [1.29, 1.82) is 0 Å². The van der Waals surface area contributed by atoms with Gasteiger partial charge in [0.25, 0.3) is 0 Å². The first-order valence-corrected chi connectivity index (χ1v) is 5.67. The maximum atomic E-state index is 10.2. The fourth-order valence-electron chi connectivity index (χ4n) is 1.94. The molecule has 0 aliphatic carbocycles. The molecule has 0 fully saturated rings. The van der Waals surface area contributed by atoms with E-state index in [0.29, 0.717) is 6.42 Å². The molecular weight excluding hydrogens is 202 g/mol. The molecule has 1 aromatic carbocycles. The minimum absolute atomic E-state index is 0.0337. The molecule has 0 radical (unpaired) electrons. The zero-order chi connectivity index (χ0) is 12.3. The van der Waals surface area contributed by atoms with E-state index in [1.165, 1.54) is 0 Å². The Morgan fingerprint density at radius 2 is 1.94 bits per heavy atom. The fraction of sp³-hybridized carbons (Fsp3) is 0.538. The number of aliphatic hydroxyl groups excluding tert-OH is 1. The average Bonchev–Trinajstić information content (AvgIpc) is 2.17. The number of hydrogen-bond acceptors (Lipinski definition) is 3. The van der Waals surface area contributed by atoms with Gasteiger partial charge in [0.15, 0.2) is 0 Å². The Morgan fingerprint density at radius 3 is 2.44 bits per heavy atom. The van der Waals surface area contributed by atoms with Crippen molar-refractivity contribution in [1.82, 2.24) is 0 Å². The van der Waals surface area contributed by atoms with Gasteiger partial charge in [-0.3, -0.25) is 0 Å². The molecule has 1 atom stereocenters. The van der Waals surface area contributed by atoms with Crippen LogP contribution in [0.2, 0.25) is 0 Å². The molecule has 0 spiro atoms. The van der Waals surface area contributed by atoms with E-state index in [9.17, 15) is 5.11 Å². The van der Waals surface area contributed by atoms with Crippen LogP contribution >= 0.6 is 0 Å². The molecule has 1 rings (SSSR count). The Bertz CT molecular complexity index is 361. The zero-order valence-electron chi connectivity index (χ0n) is 10.2. The van der Waals surface area contributed by atoms with Crippen LogP contribution in [0.25, 0.3) is 0 Å². The van der Waals surface area contributed by atoms with Crippen LogP contribution in [0.1, 0.15) is 48.9 Å². The van der Waals surface area contributed by atoms with Gasteiger partial charge >= 0.3 is 0 Å². The van der Waals surface area contributed by atoms with Crippen LogP contribution in [-0.2, 0) is 0 Å². The maximum Gasteiger partial charge on any atom is 0.124 e. The summed E-state index contributed by atoms with van der Waals surface area (Å²) >= 11 is 0. The van der Waals surface area contributed by atoms with Gasteiger partial charge in [-0.25, -0.2) is 0 Å². The highest BCUT2D eigenvalue weighted by Crippen LogP contribution is 2.35. The molecule has 0 aliphatic rings. The normalized spacial score (nSPS) is 13.1. The highest BCUT2D eigenvalue weighted by molar-refractivity contribution is 5.48. The smallest absolute Gasteiger partial charge is 0.124 e. The zero-order valence-corrected chi connectivity index (χ0v) is 10.2. The molecule has 0 saturated heterocycles. The van der Waals surface area contributed by atoms with E-state index in [1.807, 2.05) is 32.9 Å². The lowest BCUT2D eigenvalue weighted by Gasteiger charge is -2.19. The number of phenols is 1. The highest BCUT2D eigenvalue weighted by Gasteiger charge is 2.17. The second-order valence-corrected chi connectivity index (χ2v) is 4.51. The summed E-state index contributed by atoms with van der Waals surface area (Å²) in [7, 11) is 0. The van der Waals surface area contributed by atoms with E-state index in [2.05, 4.69) is 0 Å². The van der Waals surface area contributed by atoms with Crippen LogP contribution in [0, 0.1) is 6.92 Å². The summed E-state index contributed by atoms with van der Waals surface area (Å²) in [5.74, 6) is 0.552. The number of benzene rings is 1. The predicted molar refractivity (Wildman–Crippen MR) is 65.6 cm³/mol. The lowest BCUT2D eigenvalue weighted by Crippen LogP contribution is -2.14. The molecule has 4 N–H and O–H groups in total. The third-order valence-corrected chi connectivity index (χ3v) is 2.90. The Hall–Kier alpha value is -1.06. The molecule has 0 heterocycles. The summed E-state index contributed by atoms with van der Waals surface area (Å²) in [5, 5.41) is 19.1. The monoisotopic (exact) mass is 223 g/mol. The van der Waals surface area contributed by atoms with Crippen LogP contribution < -0.4 is 5.73 Å². The maximum absolute atomic E-state index is 10.2. The van der Waals surface area contributed by atoms with Gasteiger partial charge in [0.2, 0.25) is 0 Å². The molecule has 1 aromatic rings. The standard InChI is InChI=1S/C13H21NO2/c1-8(2)10-5-4-9(3)12(13(10)16)11(14)6-7-15/h4-5,8,11,15-16H,6-7,14H2,1-3H3. The second-order valence-electron chi connectivity index (χ2n) is 4.51. The number of aliphatic hydroxyl groups is 1. The number of hydrogen-bond donors (Lipinski definition) is 3. The lowest BCUT2D eigenvalue weighted by molar-refractivity contribution is 0.275. The van der Waals surface area contributed by atoms with Gasteiger partial charge in [0.05, 0.1) is 0 Å². The SMILES string of the molecule is Cc1ccc(C(C)C)c(O)c1C(N)CCO. The minimum atomic E-state index is -0.302. The van der Waals surface area contributed by atoms with E-state index in [4.69, 9.17) is 10.8 Å². The largest absolute Gasteiger partial charge is 0.507 e. The van der Waals surface area contributed by atoms with Crippen molar-refractivity contribution in [3.8, 4) is 5.75 Å². The van der Waals surface area contributed by atoms with Gasteiger partial charge in [0.1, 0.15) is 5.75 Å². The van der Waals surface area contributed by atoms with E-state index in [0.717, 1.165) is 16.7 Å². The molecule has 0 aliphatic heterocycles. The van der Waals surface area contributed by atoms with Gasteiger partial charge < -0.3 is 15.9 Å². The molecule has 1 unspecified atom stereocenters. The number of aromatic hydroxyl groups is 1. The van der Waals surface area contributed by atoms with Crippen molar-refractivity contribution >= 4 is 0 Å². The number of rotatable bonds is 4. The van der Waals surface area contributed by atoms with E-state index in [-0.39, 0.29) is 24.3 Å². The van der Waals surface area contributed by atoms with Crippen molar-refractivity contribution < 1.29 is 10.2 Å². The lowest BCUT2D eigenvalue weighted by atomic mass is 9.91. The Labute approximate surface area is 96.9 Å². The van der Waals surface area contributed by atoms with Crippen LogP contribution in [0.4, 0.5) is 0 Å². The summed E-state index contributed by atoms with van der Waals surface area (Å²) in [6, 6.07) is 3.61. The van der Waals surface area contributed by atoms with Gasteiger partial charge in [-0.05, 0) is 30.4 Å². The fourth-order valence-corrected chi connectivity index (χ4v) is 1.94. The first-order chi connectivity index (χ1) is 7.49. The molecule has 0 amide bonds. The van der Waals surface area contributed by atoms with Crippen molar-refractivity contribution in [2.24, 2.45) is 5.73 Å². The summed E-state index contributed by atoms with van der Waals surface area (Å²) in [5.41, 5.74) is 8.61. The third-order valence-electron chi connectivity index (χ3n) is 2.90. The summed E-state index contributed by atoms with van der Waals surface area (Å²) in [6.45, 7) is 6.03. The van der Waals surface area contributed by atoms with E-state index < -0.39 is 0 Å². The van der Waals surface area contributed by atoms with Gasteiger partial charge in [0, 0.05) is 18.2 Å². The first kappa shape index (κ1) is 13.0. The van der Waals surface area contributed by atoms with Crippen molar-refractivity contribution in [2.75, 3.05) is 6.61 Å². The number of nitrogens with two attached hydrogens (primary N) is 1. The molecule has 90 valence electrons. The quantitative estimate of drug-likeness (QED) is 0.733. The molecule has 0 aromatic heterocycles. The minimum Gasteiger partial charge on any atom is -0.507 e. The van der Waals surface area contributed by atoms with Crippen molar-refractivity contribution in [2.45, 2.75) is 39.2 Å². The number of phenolic OH excluding ortho intramolecular Hbond substituents is 1. The molecule has 0 bridgehead atoms. The van der Waals surface area contributed by atoms with Crippen LogP contribution in [0.15, 0.2) is 12.1 Å². The topological polar surface area (TPSA) is 66.5 Å². The summed E-state index contributed by atoms with van der Waals surface area (Å²) in [4.78, 5) is 0. The van der Waals surface area contributed by atoms with Gasteiger partial charge in [-0.1, -0.05) is 26.0 Å². The molecule has 3 nitrogen and oxygen atoms in total. The van der Waals surface area contributed by atoms with Crippen LogP contribution in [-0.4, -0.2) is 16.8 Å². The first-order valence-electron chi connectivity index (χ1n) is 5.67. The predicted octanol–water partition coefficient (Wildman–Crippen LogP) is 2.21. The molecule has 3 heteroatoms. The van der Waals surface area contributed by atoms with E-state index in [1.54, 1.807) is 0 Å². The number of aryl methyl sites for hydroxylation is 1. The van der Waals surface area contributed by atoms with Crippen LogP contribution in [0.3, 0.4) is 0 Å². The highest BCUT2D eigenvalue weighted by atomic mass is 16.3. The molecular formula is C13H21NO2. The third kappa shape index (κ3) is 2.54. The molecule has 0 saturated carbocycles. The molecule has 16 heavy (non-hydrogen) atoms. The second kappa shape index (κ2) is 5.32. The van der Waals surface area contributed by atoms with Gasteiger partial charge in [-0.2, -0.15) is 0 Å². The Kier molecular flexibility index (Phi) is 4.33. The Balaban J connectivity index is 3.20. The summed E-state index contributed by atoms with van der Waals surface area (Å²) < 4.78 is 0.